The molecule has 1 aromatic carbocycles. The highest BCUT2D eigenvalue weighted by Gasteiger charge is 2.16. The Labute approximate surface area is 150 Å². The second-order valence-electron chi connectivity index (χ2n) is 6.14. The Morgan fingerprint density at radius 2 is 1.67 bits per heavy atom. The molecule has 0 saturated heterocycles. The van der Waals surface area contributed by atoms with Gasteiger partial charge >= 0.3 is 0 Å². The zero-order valence-corrected chi connectivity index (χ0v) is 16.2. The van der Waals surface area contributed by atoms with Gasteiger partial charge in [0.15, 0.2) is 0 Å². The van der Waals surface area contributed by atoms with Crippen molar-refractivity contribution < 1.29 is 0 Å². The number of rotatable bonds is 7. The number of hydrogen-bond donors (Lipinski definition) is 1. The number of hydrogen-bond acceptors (Lipinski definition) is 3. The molecule has 0 aliphatic carbocycles. The van der Waals surface area contributed by atoms with Crippen LogP contribution < -0.4 is 5.32 Å². The molecule has 0 aliphatic heterocycles. The third-order valence-corrected chi connectivity index (χ3v) is 4.72. The van der Waals surface area contributed by atoms with Gasteiger partial charge in [0.25, 0.3) is 0 Å². The molecule has 2 rings (SSSR count). The predicted octanol–water partition coefficient (Wildman–Crippen LogP) is 5.83. The summed E-state index contributed by atoms with van der Waals surface area (Å²) in [6, 6.07) is 6.40. The van der Waals surface area contributed by atoms with E-state index in [-0.39, 0.29) is 0 Å². The minimum atomic E-state index is 0.442. The van der Waals surface area contributed by atoms with Crippen LogP contribution in [0.15, 0.2) is 18.2 Å². The fourth-order valence-electron chi connectivity index (χ4n) is 2.91. The minimum Gasteiger partial charge on any atom is -0.366 e. The molecule has 0 spiro atoms. The minimum absolute atomic E-state index is 0.442. The lowest BCUT2D eigenvalue weighted by molar-refractivity contribution is 0.665. The highest BCUT2D eigenvalue weighted by Crippen LogP contribution is 2.29. The maximum atomic E-state index is 6.11. The molecule has 1 heterocycles. The zero-order chi connectivity index (χ0) is 17.7. The smallest absolute Gasteiger partial charge is 0.148 e. The molecule has 0 saturated carbocycles. The second kappa shape index (κ2) is 8.48. The lowest BCUT2D eigenvalue weighted by Crippen LogP contribution is -2.20. The van der Waals surface area contributed by atoms with Gasteiger partial charge in [-0.05, 0) is 50.3 Å². The number of halogens is 1. The molecule has 0 radical (unpaired) electrons. The number of aromatic nitrogens is 2. The van der Waals surface area contributed by atoms with Gasteiger partial charge in [0.1, 0.15) is 5.82 Å². The molecular weight excluding hydrogens is 318 g/mol. The first-order valence-electron chi connectivity index (χ1n) is 8.96. The fraction of sp³-hybridized carbons (Fsp3) is 0.500. The first-order valence-corrected chi connectivity index (χ1v) is 9.34. The van der Waals surface area contributed by atoms with Crippen LogP contribution in [-0.4, -0.2) is 16.0 Å². The van der Waals surface area contributed by atoms with Crippen molar-refractivity contribution >= 4 is 17.4 Å². The molecule has 0 aliphatic rings. The monoisotopic (exact) mass is 345 g/mol. The summed E-state index contributed by atoms with van der Waals surface area (Å²) in [5.41, 5.74) is 5.30. The average Bonchev–Trinajstić information content (AvgIpc) is 2.59. The summed E-state index contributed by atoms with van der Waals surface area (Å²) in [7, 11) is 0. The number of nitrogens with zero attached hydrogens (tertiary/aromatic N) is 2. The van der Waals surface area contributed by atoms with Crippen LogP contribution in [0.4, 0.5) is 5.82 Å². The van der Waals surface area contributed by atoms with E-state index in [0.29, 0.717) is 6.04 Å². The molecule has 3 nitrogen and oxygen atoms in total. The van der Waals surface area contributed by atoms with Crippen LogP contribution in [0, 0.1) is 6.92 Å². The summed E-state index contributed by atoms with van der Waals surface area (Å²) in [4.78, 5) is 9.91. The molecule has 1 aromatic heterocycles. The molecule has 0 amide bonds. The Hall–Kier alpha value is -1.61. The predicted molar refractivity (Wildman–Crippen MR) is 104 cm³/mol. The highest BCUT2D eigenvalue weighted by atomic mass is 35.5. The second-order valence-corrected chi connectivity index (χ2v) is 6.57. The van der Waals surface area contributed by atoms with E-state index in [9.17, 15) is 0 Å². The zero-order valence-electron chi connectivity index (χ0n) is 15.4. The summed E-state index contributed by atoms with van der Waals surface area (Å²) in [5.74, 6) is 0.943. The van der Waals surface area contributed by atoms with E-state index in [1.807, 2.05) is 18.2 Å². The van der Waals surface area contributed by atoms with Gasteiger partial charge in [0.2, 0.25) is 0 Å². The van der Waals surface area contributed by atoms with Crippen molar-refractivity contribution in [3.8, 4) is 11.3 Å². The summed E-state index contributed by atoms with van der Waals surface area (Å²) in [6.07, 6.45) is 3.88. The molecule has 0 atom stereocenters. The van der Waals surface area contributed by atoms with Gasteiger partial charge in [-0.3, -0.25) is 0 Å². The molecule has 0 bridgehead atoms. The van der Waals surface area contributed by atoms with Gasteiger partial charge in [-0.15, -0.1) is 0 Å². The molecule has 2 aromatic rings. The van der Waals surface area contributed by atoms with E-state index in [1.54, 1.807) is 0 Å². The SMILES string of the molecule is CCc1nc(-c2ccc(Cl)cc2C)c(CC)nc1NC(CC)CC. The maximum absolute atomic E-state index is 6.11. The van der Waals surface area contributed by atoms with Crippen molar-refractivity contribution in [3.05, 3.63) is 40.2 Å². The molecule has 4 heteroatoms. The summed E-state index contributed by atoms with van der Waals surface area (Å²) in [6.45, 7) is 10.7. The first kappa shape index (κ1) is 18.7. The van der Waals surface area contributed by atoms with Crippen LogP contribution in [-0.2, 0) is 12.8 Å². The molecule has 24 heavy (non-hydrogen) atoms. The Bertz CT molecular complexity index is 694. The third-order valence-electron chi connectivity index (χ3n) is 4.48. The molecule has 1 N–H and O–H groups in total. The van der Waals surface area contributed by atoms with Crippen molar-refractivity contribution in [2.75, 3.05) is 5.32 Å². The van der Waals surface area contributed by atoms with Gasteiger partial charge in [-0.1, -0.05) is 45.4 Å². The van der Waals surface area contributed by atoms with E-state index in [4.69, 9.17) is 21.6 Å². The largest absolute Gasteiger partial charge is 0.366 e. The van der Waals surface area contributed by atoms with Crippen LogP contribution in [0.25, 0.3) is 11.3 Å². The Balaban J connectivity index is 2.53. The van der Waals surface area contributed by atoms with Crippen molar-refractivity contribution in [2.45, 2.75) is 66.3 Å². The average molecular weight is 346 g/mol. The molecule has 130 valence electrons. The first-order chi connectivity index (χ1) is 11.5. The topological polar surface area (TPSA) is 37.8 Å². The van der Waals surface area contributed by atoms with E-state index in [0.717, 1.165) is 64.7 Å². The van der Waals surface area contributed by atoms with E-state index in [2.05, 4.69) is 39.9 Å². The number of aryl methyl sites for hydroxylation is 3. The Morgan fingerprint density at radius 1 is 1.00 bits per heavy atom. The van der Waals surface area contributed by atoms with Crippen LogP contribution in [0.5, 0.6) is 0 Å². The molecular formula is C20H28ClN3. The van der Waals surface area contributed by atoms with Gasteiger partial charge in [0.05, 0.1) is 17.1 Å². The van der Waals surface area contributed by atoms with Gasteiger partial charge in [-0.25, -0.2) is 9.97 Å². The lowest BCUT2D eigenvalue weighted by atomic mass is 10.0. The normalized spacial score (nSPS) is 11.1. The number of benzene rings is 1. The number of anilines is 1. The van der Waals surface area contributed by atoms with Gasteiger partial charge in [-0.2, -0.15) is 0 Å². The third kappa shape index (κ3) is 4.07. The van der Waals surface area contributed by atoms with Crippen LogP contribution >= 0.6 is 11.6 Å². The van der Waals surface area contributed by atoms with Crippen molar-refractivity contribution in [1.82, 2.24) is 9.97 Å². The lowest BCUT2D eigenvalue weighted by Gasteiger charge is -2.20. The molecule has 0 unspecified atom stereocenters. The van der Waals surface area contributed by atoms with E-state index < -0.39 is 0 Å². The van der Waals surface area contributed by atoms with Crippen molar-refractivity contribution in [1.29, 1.82) is 0 Å². The summed E-state index contributed by atoms with van der Waals surface area (Å²) in [5, 5.41) is 4.33. The summed E-state index contributed by atoms with van der Waals surface area (Å²) >= 11 is 6.11. The van der Waals surface area contributed by atoms with E-state index >= 15 is 0 Å². The van der Waals surface area contributed by atoms with Crippen LogP contribution in [0.3, 0.4) is 0 Å². The Morgan fingerprint density at radius 3 is 2.21 bits per heavy atom. The van der Waals surface area contributed by atoms with Crippen molar-refractivity contribution in [3.63, 3.8) is 0 Å². The van der Waals surface area contributed by atoms with E-state index in [1.165, 1.54) is 0 Å². The Kier molecular flexibility index (Phi) is 6.61. The van der Waals surface area contributed by atoms with Crippen molar-refractivity contribution in [2.24, 2.45) is 0 Å². The van der Waals surface area contributed by atoms with Gasteiger partial charge in [0, 0.05) is 16.6 Å². The van der Waals surface area contributed by atoms with Crippen LogP contribution in [0.1, 0.15) is 57.5 Å². The maximum Gasteiger partial charge on any atom is 0.148 e. The standard InChI is InChI=1S/C20H28ClN3/c1-6-15(7-2)22-20-18(9-4)23-19(17(8-3)24-20)16-11-10-14(21)12-13(16)5/h10-12,15H,6-9H2,1-5H3,(H,22,24). The summed E-state index contributed by atoms with van der Waals surface area (Å²) < 4.78 is 0. The van der Waals surface area contributed by atoms with Gasteiger partial charge < -0.3 is 5.32 Å². The highest BCUT2D eigenvalue weighted by molar-refractivity contribution is 6.30. The van der Waals surface area contributed by atoms with Crippen LogP contribution in [0.2, 0.25) is 5.02 Å². The number of nitrogens with one attached hydrogen (secondary N) is 1. The fourth-order valence-corrected chi connectivity index (χ4v) is 3.13. The molecule has 0 fully saturated rings. The quantitative estimate of drug-likeness (QED) is 0.685.